The van der Waals surface area contributed by atoms with Crippen molar-refractivity contribution in [1.82, 2.24) is 0 Å². The van der Waals surface area contributed by atoms with Crippen LogP contribution in [-0.2, 0) is 4.79 Å². The molecule has 4 heteroatoms. The summed E-state index contributed by atoms with van der Waals surface area (Å²) in [4.78, 5) is 12.1. The Morgan fingerprint density at radius 1 is 0.806 bits per heavy atom. The Labute approximate surface area is 193 Å². The molecule has 0 fully saturated rings. The van der Waals surface area contributed by atoms with E-state index in [1.165, 1.54) is 38.5 Å². The molecule has 0 saturated carbocycles. The van der Waals surface area contributed by atoms with Gasteiger partial charge in [0, 0.05) is 0 Å². The number of carbonyl (C=O) groups excluding carboxylic acids is 1. The second-order valence-electron chi connectivity index (χ2n) is 8.23. The van der Waals surface area contributed by atoms with E-state index in [9.17, 15) is 4.79 Å². The van der Waals surface area contributed by atoms with Crippen LogP contribution in [0.25, 0.3) is 11.1 Å². The van der Waals surface area contributed by atoms with E-state index in [1.54, 1.807) is 12.1 Å². The van der Waals surface area contributed by atoms with Gasteiger partial charge < -0.3 is 9.47 Å². The van der Waals surface area contributed by atoms with Crippen LogP contribution >= 0.6 is 11.6 Å². The fourth-order valence-electron chi connectivity index (χ4n) is 3.32. The number of ether oxygens (including phenoxy) is 2. The zero-order valence-electron chi connectivity index (χ0n) is 19.2. The van der Waals surface area contributed by atoms with Crippen molar-refractivity contribution in [2.45, 2.75) is 77.5 Å². The number of halogens is 1. The summed E-state index contributed by atoms with van der Waals surface area (Å²) in [6.45, 7) is 6.97. The molecule has 0 saturated heterocycles. The lowest BCUT2D eigenvalue weighted by atomic mass is 10.0. The van der Waals surface area contributed by atoms with Crippen molar-refractivity contribution in [2.24, 2.45) is 5.92 Å². The molecule has 0 spiro atoms. The molecule has 2 atom stereocenters. The van der Waals surface area contributed by atoms with Gasteiger partial charge in [-0.05, 0) is 47.7 Å². The first-order valence-electron chi connectivity index (χ1n) is 11.7. The molecule has 2 unspecified atom stereocenters. The third kappa shape index (κ3) is 8.95. The number of unbranched alkanes of at least 4 members (excludes halogenated alkanes) is 6. The minimum atomic E-state index is -0.627. The standard InChI is InChI=1S/C27H37ClO3/c1-4-6-7-8-9-10-11-20-30-24-16-12-22(13-17-24)23-14-18-25(19-15-23)31-27(29)26(28)21(3)5-2/h12-19,21,26H,4-11,20H2,1-3H3. The topological polar surface area (TPSA) is 35.5 Å². The number of carbonyl (C=O) groups is 1. The van der Waals surface area contributed by atoms with Crippen molar-refractivity contribution in [3.8, 4) is 22.6 Å². The average molecular weight is 445 g/mol. The van der Waals surface area contributed by atoms with Crippen LogP contribution in [-0.4, -0.2) is 18.0 Å². The summed E-state index contributed by atoms with van der Waals surface area (Å²) >= 11 is 6.17. The SMILES string of the molecule is CCCCCCCCCOc1ccc(-c2ccc(OC(=O)C(Cl)C(C)CC)cc2)cc1. The van der Waals surface area contributed by atoms with Crippen LogP contribution in [0, 0.1) is 5.92 Å². The normalized spacial score (nSPS) is 12.9. The van der Waals surface area contributed by atoms with Gasteiger partial charge in [-0.2, -0.15) is 0 Å². The van der Waals surface area contributed by atoms with Gasteiger partial charge in [0.15, 0.2) is 0 Å². The van der Waals surface area contributed by atoms with Gasteiger partial charge in [-0.3, -0.25) is 4.79 Å². The summed E-state index contributed by atoms with van der Waals surface area (Å²) in [5.74, 6) is 1.10. The highest BCUT2D eigenvalue weighted by molar-refractivity contribution is 6.30. The number of alkyl halides is 1. The van der Waals surface area contributed by atoms with E-state index in [0.717, 1.165) is 36.3 Å². The molecule has 0 radical (unpaired) electrons. The van der Waals surface area contributed by atoms with Crippen molar-refractivity contribution in [3.63, 3.8) is 0 Å². The number of hydrogen-bond donors (Lipinski definition) is 0. The van der Waals surface area contributed by atoms with E-state index < -0.39 is 11.3 Å². The van der Waals surface area contributed by atoms with Gasteiger partial charge in [-0.25, -0.2) is 0 Å². The zero-order valence-corrected chi connectivity index (χ0v) is 20.0. The van der Waals surface area contributed by atoms with E-state index >= 15 is 0 Å². The molecule has 0 aliphatic carbocycles. The van der Waals surface area contributed by atoms with Crippen LogP contribution in [0.2, 0.25) is 0 Å². The molecule has 0 aromatic heterocycles. The third-order valence-electron chi connectivity index (χ3n) is 5.65. The maximum absolute atomic E-state index is 12.1. The lowest BCUT2D eigenvalue weighted by Crippen LogP contribution is -2.26. The highest BCUT2D eigenvalue weighted by Gasteiger charge is 2.23. The fraction of sp³-hybridized carbons (Fsp3) is 0.519. The summed E-state index contributed by atoms with van der Waals surface area (Å²) in [5, 5.41) is -0.627. The van der Waals surface area contributed by atoms with Crippen molar-refractivity contribution in [2.75, 3.05) is 6.61 Å². The predicted molar refractivity (Wildman–Crippen MR) is 130 cm³/mol. The number of esters is 1. The Morgan fingerprint density at radius 3 is 1.87 bits per heavy atom. The van der Waals surface area contributed by atoms with Crippen LogP contribution in [0.1, 0.15) is 72.1 Å². The van der Waals surface area contributed by atoms with Gasteiger partial charge >= 0.3 is 5.97 Å². The van der Waals surface area contributed by atoms with Crippen LogP contribution in [0.15, 0.2) is 48.5 Å². The third-order valence-corrected chi connectivity index (χ3v) is 6.25. The zero-order chi connectivity index (χ0) is 22.5. The molecule has 0 aliphatic heterocycles. The van der Waals surface area contributed by atoms with E-state index in [1.807, 2.05) is 38.1 Å². The molecular weight excluding hydrogens is 408 g/mol. The van der Waals surface area contributed by atoms with E-state index in [0.29, 0.717) is 5.75 Å². The van der Waals surface area contributed by atoms with Crippen molar-refractivity contribution in [3.05, 3.63) is 48.5 Å². The molecule has 31 heavy (non-hydrogen) atoms. The molecule has 0 bridgehead atoms. The summed E-state index contributed by atoms with van der Waals surface area (Å²) < 4.78 is 11.3. The molecule has 0 amide bonds. The number of hydrogen-bond acceptors (Lipinski definition) is 3. The van der Waals surface area contributed by atoms with Gasteiger partial charge in [0.25, 0.3) is 0 Å². The molecular formula is C27H37ClO3. The Kier molecular flexibility index (Phi) is 11.5. The van der Waals surface area contributed by atoms with E-state index in [-0.39, 0.29) is 5.92 Å². The van der Waals surface area contributed by atoms with E-state index in [2.05, 4.69) is 19.1 Å². The smallest absolute Gasteiger partial charge is 0.329 e. The lowest BCUT2D eigenvalue weighted by molar-refractivity contribution is -0.134. The van der Waals surface area contributed by atoms with Crippen LogP contribution in [0.5, 0.6) is 11.5 Å². The van der Waals surface area contributed by atoms with Gasteiger partial charge in [-0.15, -0.1) is 11.6 Å². The van der Waals surface area contributed by atoms with Crippen molar-refractivity contribution in [1.29, 1.82) is 0 Å². The minimum absolute atomic E-state index is 0.0833. The molecule has 0 aliphatic rings. The van der Waals surface area contributed by atoms with Gasteiger partial charge in [0.05, 0.1) is 6.61 Å². The minimum Gasteiger partial charge on any atom is -0.494 e. The summed E-state index contributed by atoms with van der Waals surface area (Å²) in [7, 11) is 0. The van der Waals surface area contributed by atoms with Gasteiger partial charge in [0.1, 0.15) is 16.9 Å². The molecule has 2 aromatic rings. The molecule has 2 aromatic carbocycles. The largest absolute Gasteiger partial charge is 0.494 e. The van der Waals surface area contributed by atoms with E-state index in [4.69, 9.17) is 21.1 Å². The molecule has 3 nitrogen and oxygen atoms in total. The van der Waals surface area contributed by atoms with Crippen LogP contribution < -0.4 is 9.47 Å². The highest BCUT2D eigenvalue weighted by atomic mass is 35.5. The molecule has 2 rings (SSSR count). The quantitative estimate of drug-likeness (QED) is 0.128. The second-order valence-corrected chi connectivity index (χ2v) is 8.70. The maximum Gasteiger partial charge on any atom is 0.329 e. The first-order valence-corrected chi connectivity index (χ1v) is 12.2. The Balaban J connectivity index is 1.77. The summed E-state index contributed by atoms with van der Waals surface area (Å²) in [5.41, 5.74) is 2.15. The average Bonchev–Trinajstić information content (AvgIpc) is 2.80. The predicted octanol–water partition coefficient (Wildman–Crippen LogP) is 8.04. The molecule has 0 N–H and O–H groups in total. The first-order chi connectivity index (χ1) is 15.0. The Hall–Kier alpha value is -2.00. The monoisotopic (exact) mass is 444 g/mol. The number of rotatable bonds is 14. The fourth-order valence-corrected chi connectivity index (χ4v) is 3.54. The van der Waals surface area contributed by atoms with Gasteiger partial charge in [0.2, 0.25) is 0 Å². The highest BCUT2D eigenvalue weighted by Crippen LogP contribution is 2.26. The van der Waals surface area contributed by atoms with Crippen LogP contribution in [0.4, 0.5) is 0 Å². The summed E-state index contributed by atoms with van der Waals surface area (Å²) in [6, 6.07) is 15.6. The van der Waals surface area contributed by atoms with Crippen molar-refractivity contribution < 1.29 is 14.3 Å². The van der Waals surface area contributed by atoms with Crippen molar-refractivity contribution >= 4 is 17.6 Å². The lowest BCUT2D eigenvalue weighted by Gasteiger charge is -2.15. The maximum atomic E-state index is 12.1. The molecule has 0 heterocycles. The first kappa shape index (κ1) is 25.3. The van der Waals surface area contributed by atoms with Gasteiger partial charge in [-0.1, -0.05) is 90.0 Å². The number of benzene rings is 2. The Morgan fingerprint density at radius 2 is 1.32 bits per heavy atom. The summed E-state index contributed by atoms with van der Waals surface area (Å²) in [6.07, 6.45) is 9.82. The molecule has 170 valence electrons. The second kappa shape index (κ2) is 14.1. The van der Waals surface area contributed by atoms with Crippen LogP contribution in [0.3, 0.4) is 0 Å². The Bertz CT molecular complexity index is 755.